The molecule has 6 atom stereocenters. The van der Waals surface area contributed by atoms with Crippen LogP contribution >= 0.6 is 11.8 Å². The smallest absolute Gasteiger partial charge is 0.315 e. The number of ether oxygens (including phenoxy) is 1. The van der Waals surface area contributed by atoms with Crippen LogP contribution in [0, 0.1) is 11.8 Å². The molecule has 1 aromatic heterocycles. The van der Waals surface area contributed by atoms with Crippen LogP contribution in [0.2, 0.25) is 0 Å². The molecule has 10 heteroatoms. The first-order chi connectivity index (χ1) is 11.8. The van der Waals surface area contributed by atoms with Crippen LogP contribution in [0.15, 0.2) is 12.7 Å². The Bertz CT molecular complexity index is 704. The molecule has 2 saturated heterocycles. The van der Waals surface area contributed by atoms with Gasteiger partial charge in [0.15, 0.2) is 0 Å². The number of carbonyl (C=O) groups excluding carboxylic acids is 2. The molecule has 2 unspecified atom stereocenters. The molecule has 136 valence electrons. The standard InChI is InChI=1S/C15H20N4O5S/c1-7-11-10(8(2)20)13(21)24-15(17-11,14(22)23)12(7)25-9-3-18-5-16-6-19(18)4-9/h5-12,17,20H,3-4H2,1-2H3/t7-,8-,10-,11-,12?,15?/m1/s1. The van der Waals surface area contributed by atoms with Crippen molar-refractivity contribution in [1.82, 2.24) is 15.0 Å². The predicted molar refractivity (Wildman–Crippen MR) is 82.7 cm³/mol. The minimum Gasteiger partial charge on any atom is -0.544 e. The molecule has 9 nitrogen and oxygen atoms in total. The number of aliphatic hydroxyl groups excluding tert-OH is 1. The highest BCUT2D eigenvalue weighted by Crippen LogP contribution is 2.47. The Hall–Kier alpha value is -1.65. The van der Waals surface area contributed by atoms with Gasteiger partial charge in [-0.15, -0.1) is 11.8 Å². The SMILES string of the molecule is C[C@@H](O)[C@H]1C(=O)OC2(C(=O)[O-])N[C@@H]1[C@@H](C)C2SC1Cn2cnc[n+]2C1. The number of carboxylic acid groups (broad SMARTS) is 1. The van der Waals surface area contributed by atoms with Crippen molar-refractivity contribution in [3.05, 3.63) is 12.7 Å². The summed E-state index contributed by atoms with van der Waals surface area (Å²) in [5.41, 5.74) is -1.85. The lowest BCUT2D eigenvalue weighted by molar-refractivity contribution is -0.758. The molecular formula is C15H20N4O5S. The van der Waals surface area contributed by atoms with Crippen LogP contribution in [0.25, 0.3) is 0 Å². The Labute approximate surface area is 148 Å². The Kier molecular flexibility index (Phi) is 3.82. The molecule has 3 aliphatic rings. The molecule has 2 N–H and O–H groups in total. The number of aliphatic carboxylic acids is 1. The van der Waals surface area contributed by atoms with Crippen LogP contribution in [0.3, 0.4) is 0 Å². The van der Waals surface area contributed by atoms with E-state index in [1.807, 2.05) is 16.3 Å². The third-order valence-corrected chi connectivity index (χ3v) is 7.16. The number of carbonyl (C=O) groups is 2. The van der Waals surface area contributed by atoms with E-state index < -0.39 is 41.0 Å². The number of esters is 1. The summed E-state index contributed by atoms with van der Waals surface area (Å²) in [7, 11) is 0. The van der Waals surface area contributed by atoms with E-state index in [9.17, 15) is 19.8 Å². The molecule has 0 amide bonds. The molecule has 1 aromatic rings. The molecule has 4 rings (SSSR count). The number of aromatic nitrogens is 3. The molecule has 0 spiro atoms. The molecule has 0 aliphatic carbocycles. The average molecular weight is 368 g/mol. The number of hydrogen-bond donors (Lipinski definition) is 2. The summed E-state index contributed by atoms with van der Waals surface area (Å²) < 4.78 is 9.26. The van der Waals surface area contributed by atoms with Gasteiger partial charge in [-0.3, -0.25) is 10.1 Å². The van der Waals surface area contributed by atoms with Gasteiger partial charge in [0, 0.05) is 6.04 Å². The summed E-state index contributed by atoms with van der Waals surface area (Å²) in [5, 5.41) is 24.4. The van der Waals surface area contributed by atoms with Crippen molar-refractivity contribution in [2.45, 2.75) is 55.3 Å². The summed E-state index contributed by atoms with van der Waals surface area (Å²) >= 11 is 1.49. The van der Waals surface area contributed by atoms with Gasteiger partial charge in [0.25, 0.3) is 0 Å². The lowest BCUT2D eigenvalue weighted by Crippen LogP contribution is -2.68. The van der Waals surface area contributed by atoms with Gasteiger partial charge in [0.2, 0.25) is 12.1 Å². The van der Waals surface area contributed by atoms with Crippen LogP contribution in [0.5, 0.6) is 0 Å². The molecule has 25 heavy (non-hydrogen) atoms. The highest BCUT2D eigenvalue weighted by Gasteiger charge is 2.64. The Morgan fingerprint density at radius 2 is 2.44 bits per heavy atom. The first kappa shape index (κ1) is 16.8. The number of rotatable bonds is 4. The fourth-order valence-electron chi connectivity index (χ4n) is 4.22. The monoisotopic (exact) mass is 368 g/mol. The zero-order valence-corrected chi connectivity index (χ0v) is 14.7. The van der Waals surface area contributed by atoms with E-state index in [1.165, 1.54) is 18.7 Å². The zero-order chi connectivity index (χ0) is 17.9. The van der Waals surface area contributed by atoms with Crippen molar-refractivity contribution in [2.24, 2.45) is 11.8 Å². The zero-order valence-electron chi connectivity index (χ0n) is 13.9. The lowest BCUT2D eigenvalue weighted by Gasteiger charge is -2.41. The Morgan fingerprint density at radius 1 is 1.68 bits per heavy atom. The predicted octanol–water partition coefficient (Wildman–Crippen LogP) is -2.74. The Balaban J connectivity index is 1.61. The number of aliphatic hydroxyl groups is 1. The summed E-state index contributed by atoms with van der Waals surface area (Å²) in [6.45, 7) is 4.81. The second kappa shape index (κ2) is 5.68. The minimum atomic E-state index is -1.85. The maximum absolute atomic E-state index is 12.3. The fourth-order valence-corrected chi connectivity index (χ4v) is 5.93. The second-order valence-electron chi connectivity index (χ2n) is 7.04. The van der Waals surface area contributed by atoms with Crippen molar-refractivity contribution < 1.29 is 29.2 Å². The fraction of sp³-hybridized carbons (Fsp3) is 0.733. The largest absolute Gasteiger partial charge is 0.544 e. The van der Waals surface area contributed by atoms with Gasteiger partial charge in [-0.05, 0) is 17.8 Å². The normalized spacial score (nSPS) is 40.6. The van der Waals surface area contributed by atoms with E-state index in [2.05, 4.69) is 10.3 Å². The highest BCUT2D eigenvalue weighted by molar-refractivity contribution is 8.00. The molecule has 3 aliphatic heterocycles. The van der Waals surface area contributed by atoms with Crippen molar-refractivity contribution >= 4 is 23.7 Å². The number of nitrogens with zero attached hydrogens (tertiary/aromatic N) is 3. The molecule has 4 heterocycles. The van der Waals surface area contributed by atoms with Crippen molar-refractivity contribution in [3.8, 4) is 0 Å². The van der Waals surface area contributed by atoms with Crippen LogP contribution in [0.1, 0.15) is 13.8 Å². The van der Waals surface area contributed by atoms with E-state index in [4.69, 9.17) is 4.74 Å². The maximum atomic E-state index is 12.3. The first-order valence-corrected chi connectivity index (χ1v) is 9.23. The van der Waals surface area contributed by atoms with Gasteiger partial charge >= 0.3 is 12.3 Å². The number of nitrogens with one attached hydrogen (secondary N) is 1. The van der Waals surface area contributed by atoms with Gasteiger partial charge < -0.3 is 19.7 Å². The van der Waals surface area contributed by atoms with Crippen LogP contribution in [-0.4, -0.2) is 55.1 Å². The average Bonchev–Trinajstić information content (AvgIpc) is 3.16. The van der Waals surface area contributed by atoms with Gasteiger partial charge in [0.05, 0.1) is 29.1 Å². The summed E-state index contributed by atoms with van der Waals surface area (Å²) in [4.78, 5) is 28.3. The van der Waals surface area contributed by atoms with Gasteiger partial charge in [-0.25, -0.2) is 0 Å². The van der Waals surface area contributed by atoms with Crippen molar-refractivity contribution in [3.63, 3.8) is 0 Å². The first-order valence-electron chi connectivity index (χ1n) is 8.29. The quantitative estimate of drug-likeness (QED) is 0.434. The number of thioether (sulfide) groups is 1. The molecule has 2 fully saturated rings. The minimum absolute atomic E-state index is 0.136. The maximum Gasteiger partial charge on any atom is 0.315 e. The Morgan fingerprint density at radius 3 is 3.08 bits per heavy atom. The molecule has 0 radical (unpaired) electrons. The number of carboxylic acids is 1. The highest BCUT2D eigenvalue weighted by atomic mass is 32.2. The second-order valence-corrected chi connectivity index (χ2v) is 8.49. The van der Waals surface area contributed by atoms with Crippen LogP contribution in [0.4, 0.5) is 0 Å². The van der Waals surface area contributed by atoms with E-state index in [0.717, 1.165) is 0 Å². The van der Waals surface area contributed by atoms with E-state index >= 15 is 0 Å². The van der Waals surface area contributed by atoms with Crippen molar-refractivity contribution in [1.29, 1.82) is 0 Å². The van der Waals surface area contributed by atoms with Gasteiger partial charge in [-0.1, -0.05) is 6.92 Å². The number of hydrogen-bond acceptors (Lipinski definition) is 8. The molecular weight excluding hydrogens is 348 g/mol. The van der Waals surface area contributed by atoms with Gasteiger partial charge in [0.1, 0.15) is 12.5 Å². The van der Waals surface area contributed by atoms with Crippen LogP contribution < -0.4 is 15.1 Å². The molecule has 0 aromatic carbocycles. The summed E-state index contributed by atoms with van der Waals surface area (Å²) in [6.07, 6.45) is 2.53. The third-order valence-electron chi connectivity index (χ3n) is 5.42. The topological polar surface area (TPSA) is 120 Å². The van der Waals surface area contributed by atoms with E-state index in [0.29, 0.717) is 13.1 Å². The van der Waals surface area contributed by atoms with Crippen LogP contribution in [-0.2, 0) is 27.4 Å². The van der Waals surface area contributed by atoms with E-state index in [-0.39, 0.29) is 11.2 Å². The van der Waals surface area contributed by atoms with Gasteiger partial charge in [-0.2, -0.15) is 9.36 Å². The third kappa shape index (κ3) is 2.38. The summed E-state index contributed by atoms with van der Waals surface area (Å²) in [5.74, 6) is -3.10. The lowest BCUT2D eigenvalue weighted by atomic mass is 9.87. The number of fused-ring (bicyclic) bond motifs is 3. The van der Waals surface area contributed by atoms with E-state index in [1.54, 1.807) is 12.7 Å². The summed E-state index contributed by atoms with van der Waals surface area (Å²) in [6, 6.07) is -0.466. The molecule has 2 bridgehead atoms. The molecule has 0 saturated carbocycles. The van der Waals surface area contributed by atoms with Crippen molar-refractivity contribution in [2.75, 3.05) is 0 Å².